The van der Waals surface area contributed by atoms with Gasteiger partial charge in [0.2, 0.25) is 0 Å². The van der Waals surface area contributed by atoms with E-state index in [9.17, 15) is 14.4 Å². The van der Waals surface area contributed by atoms with Crippen molar-refractivity contribution in [2.75, 3.05) is 26.5 Å². The van der Waals surface area contributed by atoms with Crippen molar-refractivity contribution < 1.29 is 18.7 Å². The third-order valence-electron chi connectivity index (χ3n) is 4.19. The van der Waals surface area contributed by atoms with Crippen molar-refractivity contribution in [2.24, 2.45) is 0 Å². The number of amides is 3. The van der Waals surface area contributed by atoms with Crippen LogP contribution in [0.25, 0.3) is 11.0 Å². The summed E-state index contributed by atoms with van der Waals surface area (Å²) in [7, 11) is 5.39. The van der Waals surface area contributed by atoms with Crippen LogP contribution in [0.4, 0.5) is 10.5 Å². The lowest BCUT2D eigenvalue weighted by Crippen LogP contribution is -2.45. The number of benzene rings is 2. The van der Waals surface area contributed by atoms with Gasteiger partial charge in [-0.1, -0.05) is 24.3 Å². The monoisotopic (exact) mass is 410 g/mol. The summed E-state index contributed by atoms with van der Waals surface area (Å²) >= 11 is 0. The van der Waals surface area contributed by atoms with E-state index in [1.54, 1.807) is 30.3 Å². The summed E-state index contributed by atoms with van der Waals surface area (Å²) in [6.07, 6.45) is 0. The zero-order valence-electron chi connectivity index (χ0n) is 16.8. The predicted molar refractivity (Wildman–Crippen MR) is 112 cm³/mol. The molecule has 0 aliphatic rings. The number of urea groups is 1. The van der Waals surface area contributed by atoms with Gasteiger partial charge in [0.05, 0.1) is 7.11 Å². The van der Waals surface area contributed by atoms with Gasteiger partial charge >= 0.3 is 11.7 Å². The van der Waals surface area contributed by atoms with Gasteiger partial charge in [-0.25, -0.2) is 15.0 Å². The Kier molecular flexibility index (Phi) is 6.33. The van der Waals surface area contributed by atoms with Crippen molar-refractivity contribution >= 4 is 28.6 Å². The van der Waals surface area contributed by atoms with Crippen LogP contribution in [0.15, 0.2) is 57.7 Å². The Morgan fingerprint density at radius 3 is 2.47 bits per heavy atom. The molecule has 0 saturated heterocycles. The van der Waals surface area contributed by atoms with E-state index >= 15 is 0 Å². The zero-order valence-corrected chi connectivity index (χ0v) is 16.8. The number of rotatable bonds is 5. The van der Waals surface area contributed by atoms with Gasteiger partial charge in [-0.15, -0.1) is 0 Å². The van der Waals surface area contributed by atoms with E-state index in [0.29, 0.717) is 16.8 Å². The van der Waals surface area contributed by atoms with Crippen LogP contribution in [0.5, 0.6) is 5.75 Å². The van der Waals surface area contributed by atoms with Crippen molar-refractivity contribution in [2.45, 2.75) is 6.54 Å². The maximum absolute atomic E-state index is 12.3. The van der Waals surface area contributed by atoms with Crippen LogP contribution in [0.2, 0.25) is 0 Å². The van der Waals surface area contributed by atoms with Crippen LogP contribution in [0.1, 0.15) is 15.9 Å². The fourth-order valence-electron chi connectivity index (χ4n) is 2.84. The SMILES string of the molecule is COc1cccc2cc(C(=O)NNC(=O)Nc3ccc(CN(C)C)cc3)c(=O)oc12. The maximum Gasteiger partial charge on any atom is 0.349 e. The minimum Gasteiger partial charge on any atom is -0.493 e. The van der Waals surface area contributed by atoms with Crippen molar-refractivity contribution in [3.8, 4) is 5.75 Å². The second-order valence-electron chi connectivity index (χ2n) is 6.79. The van der Waals surface area contributed by atoms with E-state index < -0.39 is 17.6 Å². The first-order chi connectivity index (χ1) is 14.4. The number of fused-ring (bicyclic) bond motifs is 1. The lowest BCUT2D eigenvalue weighted by Gasteiger charge is -2.11. The van der Waals surface area contributed by atoms with Crippen molar-refractivity contribution in [1.29, 1.82) is 0 Å². The average molecular weight is 410 g/mol. The highest BCUT2D eigenvalue weighted by atomic mass is 16.5. The van der Waals surface area contributed by atoms with Gasteiger partial charge in [0.1, 0.15) is 5.56 Å². The molecule has 0 aliphatic heterocycles. The first kappa shape index (κ1) is 20.9. The first-order valence-electron chi connectivity index (χ1n) is 9.09. The molecular weight excluding hydrogens is 388 g/mol. The molecule has 0 radical (unpaired) electrons. The van der Waals surface area contributed by atoms with Crippen LogP contribution < -0.4 is 26.5 Å². The topological polar surface area (TPSA) is 113 Å². The molecule has 3 N–H and O–H groups in total. The van der Waals surface area contributed by atoms with Crippen molar-refractivity contribution in [1.82, 2.24) is 15.8 Å². The average Bonchev–Trinajstić information content (AvgIpc) is 2.72. The Bertz CT molecular complexity index is 1120. The summed E-state index contributed by atoms with van der Waals surface area (Å²) in [4.78, 5) is 38.6. The molecule has 1 aromatic heterocycles. The Morgan fingerprint density at radius 2 is 1.80 bits per heavy atom. The van der Waals surface area contributed by atoms with Crippen LogP contribution in [-0.2, 0) is 6.54 Å². The molecule has 9 nitrogen and oxygen atoms in total. The molecule has 9 heteroatoms. The number of hydrazine groups is 1. The lowest BCUT2D eigenvalue weighted by molar-refractivity contribution is 0.0934. The summed E-state index contributed by atoms with van der Waals surface area (Å²) in [6.45, 7) is 0.781. The Hall–Kier alpha value is -3.85. The van der Waals surface area contributed by atoms with Gasteiger partial charge in [-0.3, -0.25) is 10.2 Å². The first-order valence-corrected chi connectivity index (χ1v) is 9.09. The number of hydrogen-bond donors (Lipinski definition) is 3. The van der Waals surface area contributed by atoms with Gasteiger partial charge in [-0.05, 0) is 43.9 Å². The number of hydrogen-bond acceptors (Lipinski definition) is 6. The molecule has 1 heterocycles. The highest BCUT2D eigenvalue weighted by Gasteiger charge is 2.16. The van der Waals surface area contributed by atoms with E-state index in [2.05, 4.69) is 16.2 Å². The zero-order chi connectivity index (χ0) is 21.7. The Labute approximate surface area is 172 Å². The number of para-hydroxylation sites is 1. The van der Waals surface area contributed by atoms with Gasteiger partial charge < -0.3 is 19.4 Å². The molecule has 0 fully saturated rings. The van der Waals surface area contributed by atoms with Crippen LogP contribution >= 0.6 is 0 Å². The van der Waals surface area contributed by atoms with E-state index in [4.69, 9.17) is 9.15 Å². The molecule has 3 amide bonds. The van der Waals surface area contributed by atoms with E-state index in [0.717, 1.165) is 12.1 Å². The van der Waals surface area contributed by atoms with Crippen molar-refractivity contribution in [3.05, 3.63) is 70.1 Å². The minimum atomic E-state index is -0.844. The Morgan fingerprint density at radius 1 is 1.07 bits per heavy atom. The molecule has 30 heavy (non-hydrogen) atoms. The molecule has 0 unspecified atom stereocenters. The van der Waals surface area contributed by atoms with Crippen molar-refractivity contribution in [3.63, 3.8) is 0 Å². The van der Waals surface area contributed by atoms with Crippen LogP contribution in [0.3, 0.4) is 0 Å². The smallest absolute Gasteiger partial charge is 0.349 e. The standard InChI is InChI=1S/C21H22N4O5/c1-25(2)12-13-7-9-15(10-8-13)22-21(28)24-23-19(26)16-11-14-5-4-6-17(29-3)18(14)30-20(16)27/h4-11H,12H2,1-3H3,(H,23,26)(H2,22,24,28). The van der Waals surface area contributed by atoms with E-state index in [1.165, 1.54) is 13.2 Å². The molecule has 0 spiro atoms. The highest BCUT2D eigenvalue weighted by molar-refractivity contribution is 5.99. The molecule has 0 aliphatic carbocycles. The summed E-state index contributed by atoms with van der Waals surface area (Å²) in [5.41, 5.74) is 5.21. The van der Waals surface area contributed by atoms with Crippen LogP contribution in [-0.4, -0.2) is 38.0 Å². The summed E-state index contributed by atoms with van der Waals surface area (Å²) in [5.74, 6) is -0.421. The number of nitrogens with one attached hydrogen (secondary N) is 3. The normalized spacial score (nSPS) is 10.7. The predicted octanol–water partition coefficient (Wildman–Crippen LogP) is 2.33. The minimum absolute atomic E-state index is 0.241. The molecule has 0 atom stereocenters. The number of methoxy groups -OCH3 is 1. The summed E-state index contributed by atoms with van der Waals surface area (Å²) in [6, 6.07) is 13.0. The van der Waals surface area contributed by atoms with E-state index in [-0.39, 0.29) is 11.1 Å². The lowest BCUT2D eigenvalue weighted by atomic mass is 10.1. The fraction of sp³-hybridized carbons (Fsp3) is 0.190. The molecule has 0 bridgehead atoms. The number of carbonyl (C=O) groups is 2. The highest BCUT2D eigenvalue weighted by Crippen LogP contribution is 2.24. The second-order valence-corrected chi connectivity index (χ2v) is 6.79. The van der Waals surface area contributed by atoms with E-state index in [1.807, 2.05) is 31.1 Å². The second kappa shape index (κ2) is 9.10. The molecular formula is C21H22N4O5. The van der Waals surface area contributed by atoms with Gasteiger partial charge in [0.25, 0.3) is 5.91 Å². The summed E-state index contributed by atoms with van der Waals surface area (Å²) < 4.78 is 10.3. The number of nitrogens with zero attached hydrogens (tertiary/aromatic N) is 1. The Balaban J connectivity index is 1.63. The largest absolute Gasteiger partial charge is 0.493 e. The third kappa shape index (κ3) is 4.95. The van der Waals surface area contributed by atoms with Gasteiger partial charge in [0, 0.05) is 17.6 Å². The quantitative estimate of drug-likeness (QED) is 0.440. The van der Waals surface area contributed by atoms with Crippen LogP contribution in [0, 0.1) is 0 Å². The van der Waals surface area contributed by atoms with Gasteiger partial charge in [-0.2, -0.15) is 0 Å². The molecule has 3 rings (SSSR count). The molecule has 0 saturated carbocycles. The third-order valence-corrected chi connectivity index (χ3v) is 4.19. The van der Waals surface area contributed by atoms with Gasteiger partial charge in [0.15, 0.2) is 11.3 Å². The maximum atomic E-state index is 12.3. The number of ether oxygens (including phenoxy) is 1. The number of carbonyl (C=O) groups excluding carboxylic acids is 2. The molecule has 3 aromatic rings. The fourth-order valence-corrected chi connectivity index (χ4v) is 2.84. The molecule has 156 valence electrons. The molecule has 2 aromatic carbocycles. The number of anilines is 1. The summed E-state index contributed by atoms with van der Waals surface area (Å²) in [5, 5.41) is 3.11.